The lowest BCUT2D eigenvalue weighted by atomic mass is 10.2. The number of carbonyl (C=O) groups is 1. The van der Waals surface area contributed by atoms with E-state index in [1.165, 1.54) is 41.3 Å². The van der Waals surface area contributed by atoms with Crippen molar-refractivity contribution in [2.75, 3.05) is 4.90 Å². The summed E-state index contributed by atoms with van der Waals surface area (Å²) in [6, 6.07) is 9.78. The largest absolute Gasteiger partial charge is 0.270 e. The van der Waals surface area contributed by atoms with E-state index in [1.54, 1.807) is 6.07 Å². The van der Waals surface area contributed by atoms with Gasteiger partial charge in [0.1, 0.15) is 5.82 Å². The van der Waals surface area contributed by atoms with Gasteiger partial charge in [-0.3, -0.25) is 19.8 Å². The van der Waals surface area contributed by atoms with E-state index in [-0.39, 0.29) is 15.0 Å². The molecule has 0 unspecified atom stereocenters. The Kier molecular flexibility index (Phi) is 4.85. The fourth-order valence-corrected chi connectivity index (χ4v) is 3.67. The molecule has 1 fully saturated rings. The number of nitro benzene ring substituents is 1. The molecule has 2 aromatic rings. The number of amides is 1. The van der Waals surface area contributed by atoms with Gasteiger partial charge in [0, 0.05) is 12.1 Å². The Bertz CT molecular complexity index is 949. The average Bonchev–Trinajstić information content (AvgIpc) is 2.84. The van der Waals surface area contributed by atoms with Gasteiger partial charge in [0.25, 0.3) is 11.6 Å². The van der Waals surface area contributed by atoms with E-state index >= 15 is 0 Å². The molecule has 0 spiro atoms. The van der Waals surface area contributed by atoms with Gasteiger partial charge in [-0.1, -0.05) is 47.7 Å². The third-order valence-corrected chi connectivity index (χ3v) is 4.93. The lowest BCUT2D eigenvalue weighted by Gasteiger charge is -2.14. The van der Waals surface area contributed by atoms with Crippen LogP contribution >= 0.6 is 35.6 Å². The lowest BCUT2D eigenvalue weighted by Crippen LogP contribution is -2.27. The Balaban J connectivity index is 1.94. The standard InChI is InChI=1S/C16H8ClFN2O3S2/c17-12-8-10(4-5-13(12)18)19-15(21)14(25-16(19)24)7-9-2-1-3-11(6-9)20(22)23/h1-8H. The van der Waals surface area contributed by atoms with E-state index in [4.69, 9.17) is 23.8 Å². The highest BCUT2D eigenvalue weighted by molar-refractivity contribution is 8.27. The summed E-state index contributed by atoms with van der Waals surface area (Å²) in [5.41, 5.74) is 0.790. The molecular weight excluding hydrogens is 387 g/mol. The van der Waals surface area contributed by atoms with Gasteiger partial charge in [-0.25, -0.2) is 4.39 Å². The maximum atomic E-state index is 13.3. The summed E-state index contributed by atoms with van der Waals surface area (Å²) in [5, 5.41) is 10.7. The molecule has 5 nitrogen and oxygen atoms in total. The monoisotopic (exact) mass is 394 g/mol. The Morgan fingerprint density at radius 1 is 1.28 bits per heavy atom. The molecule has 0 aromatic heterocycles. The third-order valence-electron chi connectivity index (χ3n) is 3.33. The van der Waals surface area contributed by atoms with Gasteiger partial charge in [-0.2, -0.15) is 0 Å². The van der Waals surface area contributed by atoms with Crippen molar-refractivity contribution in [1.29, 1.82) is 0 Å². The molecule has 0 saturated carbocycles. The Hall–Kier alpha value is -2.29. The van der Waals surface area contributed by atoms with E-state index in [9.17, 15) is 19.3 Å². The van der Waals surface area contributed by atoms with Gasteiger partial charge in [0.2, 0.25) is 0 Å². The number of hydrogen-bond acceptors (Lipinski definition) is 5. The van der Waals surface area contributed by atoms with E-state index in [0.29, 0.717) is 16.2 Å². The summed E-state index contributed by atoms with van der Waals surface area (Å²) >= 11 is 12.0. The van der Waals surface area contributed by atoms with Crippen LogP contribution in [0.4, 0.5) is 15.8 Å². The number of carbonyl (C=O) groups excluding carboxylic acids is 1. The molecule has 0 radical (unpaired) electrons. The molecule has 0 aliphatic carbocycles. The van der Waals surface area contributed by atoms with Crippen LogP contribution in [0.25, 0.3) is 6.08 Å². The van der Waals surface area contributed by atoms with E-state index in [1.807, 2.05) is 0 Å². The highest BCUT2D eigenvalue weighted by atomic mass is 35.5. The summed E-state index contributed by atoms with van der Waals surface area (Å²) in [5.74, 6) is -0.993. The number of hydrogen-bond donors (Lipinski definition) is 0. The number of anilines is 1. The van der Waals surface area contributed by atoms with Crippen LogP contribution in [0.2, 0.25) is 5.02 Å². The van der Waals surface area contributed by atoms with Gasteiger partial charge in [-0.15, -0.1) is 0 Å². The van der Waals surface area contributed by atoms with Crippen molar-refractivity contribution in [2.24, 2.45) is 0 Å². The predicted molar refractivity (Wildman–Crippen MR) is 100 cm³/mol. The molecule has 1 heterocycles. The molecule has 25 heavy (non-hydrogen) atoms. The van der Waals surface area contributed by atoms with Crippen LogP contribution in [0.15, 0.2) is 47.4 Å². The molecule has 0 N–H and O–H groups in total. The molecule has 3 rings (SSSR count). The maximum absolute atomic E-state index is 13.3. The number of nitrogens with zero attached hydrogens (tertiary/aromatic N) is 2. The second-order valence-corrected chi connectivity index (χ2v) is 7.05. The molecule has 9 heteroatoms. The van der Waals surface area contributed by atoms with Crippen LogP contribution in [0.5, 0.6) is 0 Å². The molecule has 1 aliphatic heterocycles. The molecule has 126 valence electrons. The number of non-ortho nitro benzene ring substituents is 1. The van der Waals surface area contributed by atoms with Crippen molar-refractivity contribution < 1.29 is 14.1 Å². The zero-order valence-electron chi connectivity index (χ0n) is 12.3. The first-order valence-corrected chi connectivity index (χ1v) is 8.44. The Morgan fingerprint density at radius 3 is 2.72 bits per heavy atom. The minimum Gasteiger partial charge on any atom is -0.268 e. The first-order chi connectivity index (χ1) is 11.9. The van der Waals surface area contributed by atoms with Crippen LogP contribution in [0.3, 0.4) is 0 Å². The van der Waals surface area contributed by atoms with Crippen LogP contribution in [-0.4, -0.2) is 15.2 Å². The normalized spacial score (nSPS) is 15.9. The molecular formula is C16H8ClFN2O3S2. The summed E-state index contributed by atoms with van der Waals surface area (Å²) in [6.45, 7) is 0. The topological polar surface area (TPSA) is 63.4 Å². The average molecular weight is 395 g/mol. The number of benzene rings is 2. The van der Waals surface area contributed by atoms with Crippen LogP contribution in [0.1, 0.15) is 5.56 Å². The van der Waals surface area contributed by atoms with E-state index in [2.05, 4.69) is 0 Å². The molecule has 1 amide bonds. The lowest BCUT2D eigenvalue weighted by molar-refractivity contribution is -0.384. The van der Waals surface area contributed by atoms with Gasteiger partial charge < -0.3 is 0 Å². The van der Waals surface area contributed by atoms with Gasteiger partial charge in [-0.05, 0) is 29.8 Å². The van der Waals surface area contributed by atoms with Gasteiger partial charge in [0.05, 0.1) is 20.5 Å². The van der Waals surface area contributed by atoms with Gasteiger partial charge >= 0.3 is 0 Å². The number of thiocarbonyl (C=S) groups is 1. The molecule has 0 bridgehead atoms. The first kappa shape index (κ1) is 17.5. The Morgan fingerprint density at radius 2 is 2.04 bits per heavy atom. The maximum Gasteiger partial charge on any atom is 0.270 e. The highest BCUT2D eigenvalue weighted by Gasteiger charge is 2.33. The summed E-state index contributed by atoms with van der Waals surface area (Å²) < 4.78 is 13.6. The Labute approximate surface area is 156 Å². The second kappa shape index (κ2) is 6.91. The van der Waals surface area contributed by atoms with Crippen molar-refractivity contribution in [2.45, 2.75) is 0 Å². The minimum absolute atomic E-state index is 0.0745. The number of nitro groups is 1. The third kappa shape index (κ3) is 3.55. The van der Waals surface area contributed by atoms with E-state index in [0.717, 1.165) is 17.8 Å². The zero-order chi connectivity index (χ0) is 18.1. The summed E-state index contributed by atoms with van der Waals surface area (Å²) in [4.78, 5) is 24.5. The molecule has 1 saturated heterocycles. The van der Waals surface area contributed by atoms with Crippen LogP contribution in [-0.2, 0) is 4.79 Å². The first-order valence-electron chi connectivity index (χ1n) is 6.84. The fraction of sp³-hybridized carbons (Fsp3) is 0. The van der Waals surface area contributed by atoms with Crippen molar-refractivity contribution >= 4 is 63.3 Å². The van der Waals surface area contributed by atoms with Crippen molar-refractivity contribution in [3.63, 3.8) is 0 Å². The van der Waals surface area contributed by atoms with Crippen molar-refractivity contribution in [3.8, 4) is 0 Å². The molecule has 0 atom stereocenters. The van der Waals surface area contributed by atoms with Crippen LogP contribution in [0, 0.1) is 15.9 Å². The van der Waals surface area contributed by atoms with E-state index < -0.39 is 16.6 Å². The zero-order valence-corrected chi connectivity index (χ0v) is 14.7. The summed E-state index contributed by atoms with van der Waals surface area (Å²) in [6.07, 6.45) is 1.53. The van der Waals surface area contributed by atoms with Crippen molar-refractivity contribution in [1.82, 2.24) is 0 Å². The molecule has 2 aromatic carbocycles. The quantitative estimate of drug-likeness (QED) is 0.324. The molecule has 1 aliphatic rings. The number of rotatable bonds is 3. The van der Waals surface area contributed by atoms with Gasteiger partial charge in [0.15, 0.2) is 4.32 Å². The number of thioether (sulfide) groups is 1. The van der Waals surface area contributed by atoms with Crippen LogP contribution < -0.4 is 4.90 Å². The SMILES string of the molecule is O=C1C(=Cc2cccc([N+](=O)[O-])c2)SC(=S)N1c1ccc(F)c(Cl)c1. The number of halogens is 2. The van der Waals surface area contributed by atoms with Crippen molar-refractivity contribution in [3.05, 3.63) is 73.9 Å². The summed E-state index contributed by atoms with van der Waals surface area (Å²) in [7, 11) is 0. The smallest absolute Gasteiger partial charge is 0.268 e. The highest BCUT2D eigenvalue weighted by Crippen LogP contribution is 2.37. The minimum atomic E-state index is -0.594. The predicted octanol–water partition coefficient (Wildman–Crippen LogP) is 4.79. The second-order valence-electron chi connectivity index (χ2n) is 4.97. The fourth-order valence-electron chi connectivity index (χ4n) is 2.19.